The molecule has 0 aromatic heterocycles. The van der Waals surface area contributed by atoms with Gasteiger partial charge in [-0.05, 0) is 38.5 Å². The molecule has 14 heavy (non-hydrogen) atoms. The highest BCUT2D eigenvalue weighted by Crippen LogP contribution is 2.25. The molecule has 1 atom stereocenters. The third-order valence-corrected chi connectivity index (χ3v) is 2.87. The van der Waals surface area contributed by atoms with Crippen molar-refractivity contribution in [2.45, 2.75) is 58.0 Å². The third kappa shape index (κ3) is 3.29. The maximum absolute atomic E-state index is 11.4. The third-order valence-electron chi connectivity index (χ3n) is 2.87. The van der Waals surface area contributed by atoms with E-state index in [2.05, 4.69) is 19.2 Å². The summed E-state index contributed by atoms with van der Waals surface area (Å²) < 4.78 is 0. The Kier molecular flexibility index (Phi) is 3.53. The van der Waals surface area contributed by atoms with Crippen molar-refractivity contribution in [1.82, 2.24) is 5.32 Å². The zero-order valence-electron chi connectivity index (χ0n) is 9.47. The van der Waals surface area contributed by atoms with Crippen molar-refractivity contribution in [3.63, 3.8) is 0 Å². The van der Waals surface area contributed by atoms with E-state index in [1.54, 1.807) is 0 Å². The van der Waals surface area contributed by atoms with Gasteiger partial charge >= 0.3 is 0 Å². The molecule has 0 bridgehead atoms. The monoisotopic (exact) mass is 198 g/mol. The quantitative estimate of drug-likeness (QED) is 0.678. The molecule has 0 aromatic carbocycles. The molecule has 3 N–H and O–H groups in total. The molecule has 0 saturated heterocycles. The van der Waals surface area contributed by atoms with Crippen LogP contribution in [0.5, 0.6) is 0 Å². The number of nitrogens with one attached hydrogen (secondary N) is 1. The van der Waals surface area contributed by atoms with Crippen LogP contribution in [0, 0.1) is 5.92 Å². The van der Waals surface area contributed by atoms with E-state index in [0.717, 1.165) is 12.8 Å². The summed E-state index contributed by atoms with van der Waals surface area (Å²) in [5.74, 6) is 0.403. The molecule has 0 aliphatic heterocycles. The summed E-state index contributed by atoms with van der Waals surface area (Å²) in [6.45, 7) is 6.26. The van der Waals surface area contributed by atoms with Gasteiger partial charge in [-0.15, -0.1) is 0 Å². The zero-order chi connectivity index (χ0) is 10.8. The summed E-state index contributed by atoms with van der Waals surface area (Å²) in [7, 11) is 0. The Hall–Kier alpha value is -0.570. The molecule has 0 spiro atoms. The lowest BCUT2D eigenvalue weighted by atomic mass is 9.91. The van der Waals surface area contributed by atoms with Gasteiger partial charge < -0.3 is 11.1 Å². The summed E-state index contributed by atoms with van der Waals surface area (Å²) in [5.41, 5.74) is 4.94. The minimum Gasteiger partial charge on any atom is -0.368 e. The molecule has 3 heteroatoms. The van der Waals surface area contributed by atoms with Gasteiger partial charge in [0.25, 0.3) is 0 Å². The lowest BCUT2D eigenvalue weighted by Gasteiger charge is -2.28. The van der Waals surface area contributed by atoms with Gasteiger partial charge in [-0.1, -0.05) is 13.8 Å². The van der Waals surface area contributed by atoms with Crippen molar-refractivity contribution >= 4 is 5.91 Å². The minimum atomic E-state index is -0.495. The molecule has 1 saturated carbocycles. The Bertz CT molecular complexity index is 211. The minimum absolute atomic E-state index is 0.218. The van der Waals surface area contributed by atoms with E-state index in [0.29, 0.717) is 12.0 Å². The highest BCUT2D eigenvalue weighted by molar-refractivity contribution is 5.84. The summed E-state index contributed by atoms with van der Waals surface area (Å²) in [4.78, 5) is 11.4. The molecule has 1 amide bonds. The summed E-state index contributed by atoms with van der Waals surface area (Å²) in [6.07, 6.45) is 4.25. The van der Waals surface area contributed by atoms with Gasteiger partial charge in [-0.2, -0.15) is 0 Å². The van der Waals surface area contributed by atoms with Gasteiger partial charge in [0.1, 0.15) is 0 Å². The number of hydrogen-bond donors (Lipinski definition) is 2. The lowest BCUT2D eigenvalue weighted by molar-refractivity contribution is -0.124. The smallest absolute Gasteiger partial charge is 0.237 e. The van der Waals surface area contributed by atoms with Crippen molar-refractivity contribution in [2.24, 2.45) is 11.7 Å². The Labute approximate surface area is 86.4 Å². The zero-order valence-corrected chi connectivity index (χ0v) is 9.47. The van der Waals surface area contributed by atoms with Crippen LogP contribution < -0.4 is 11.1 Å². The molecule has 1 rings (SSSR count). The second-order valence-electron chi connectivity index (χ2n) is 5.05. The largest absolute Gasteiger partial charge is 0.368 e. The molecule has 1 fully saturated rings. The Morgan fingerprint density at radius 1 is 1.57 bits per heavy atom. The van der Waals surface area contributed by atoms with Gasteiger partial charge in [0.05, 0.1) is 5.54 Å². The fourth-order valence-electron chi connectivity index (χ4n) is 1.52. The molecule has 3 nitrogen and oxygen atoms in total. The molecular weight excluding hydrogens is 176 g/mol. The molecule has 1 aliphatic rings. The van der Waals surface area contributed by atoms with Crippen molar-refractivity contribution < 1.29 is 4.79 Å². The van der Waals surface area contributed by atoms with E-state index in [1.165, 1.54) is 12.8 Å². The molecule has 82 valence electrons. The molecule has 0 heterocycles. The number of carbonyl (C=O) groups is 1. The fraction of sp³-hybridized carbons (Fsp3) is 0.909. The number of carbonyl (C=O) groups excluding carboxylic acids is 1. The SMILES string of the molecule is CC(C)CCC(C)(NC1CC1)C(N)=O. The highest BCUT2D eigenvalue weighted by Gasteiger charge is 2.36. The maximum atomic E-state index is 11.4. The van der Waals surface area contributed by atoms with Crippen molar-refractivity contribution in [2.75, 3.05) is 0 Å². The van der Waals surface area contributed by atoms with Crippen LogP contribution in [-0.2, 0) is 4.79 Å². The fourth-order valence-corrected chi connectivity index (χ4v) is 1.52. The maximum Gasteiger partial charge on any atom is 0.237 e. The first-order chi connectivity index (χ1) is 6.44. The molecule has 1 aliphatic carbocycles. The molecule has 0 aromatic rings. The Morgan fingerprint density at radius 3 is 2.50 bits per heavy atom. The van der Waals surface area contributed by atoms with E-state index in [1.807, 2.05) is 6.92 Å². The van der Waals surface area contributed by atoms with Gasteiger partial charge in [-0.25, -0.2) is 0 Å². The van der Waals surface area contributed by atoms with Crippen molar-refractivity contribution in [3.8, 4) is 0 Å². The van der Waals surface area contributed by atoms with Crippen molar-refractivity contribution in [3.05, 3.63) is 0 Å². The first-order valence-corrected chi connectivity index (χ1v) is 5.51. The normalized spacial score (nSPS) is 20.9. The van der Waals surface area contributed by atoms with Crippen LogP contribution in [0.25, 0.3) is 0 Å². The first-order valence-electron chi connectivity index (χ1n) is 5.51. The Balaban J connectivity index is 2.46. The predicted octanol–water partition coefficient (Wildman–Crippen LogP) is 1.42. The number of hydrogen-bond acceptors (Lipinski definition) is 2. The van der Waals surface area contributed by atoms with Crippen LogP contribution in [-0.4, -0.2) is 17.5 Å². The van der Waals surface area contributed by atoms with E-state index in [-0.39, 0.29) is 5.91 Å². The van der Waals surface area contributed by atoms with E-state index in [4.69, 9.17) is 5.73 Å². The highest BCUT2D eigenvalue weighted by atomic mass is 16.1. The summed E-state index contributed by atoms with van der Waals surface area (Å²) >= 11 is 0. The van der Waals surface area contributed by atoms with E-state index in [9.17, 15) is 4.79 Å². The lowest BCUT2D eigenvalue weighted by Crippen LogP contribution is -2.54. The predicted molar refractivity (Wildman–Crippen MR) is 57.8 cm³/mol. The van der Waals surface area contributed by atoms with Crippen LogP contribution in [0.4, 0.5) is 0 Å². The van der Waals surface area contributed by atoms with Gasteiger partial charge in [0.15, 0.2) is 0 Å². The number of primary amides is 1. The molecule has 0 radical (unpaired) electrons. The van der Waals surface area contributed by atoms with Crippen molar-refractivity contribution in [1.29, 1.82) is 0 Å². The van der Waals surface area contributed by atoms with Crippen LogP contribution in [0.1, 0.15) is 46.5 Å². The van der Waals surface area contributed by atoms with E-state index >= 15 is 0 Å². The van der Waals surface area contributed by atoms with E-state index < -0.39 is 5.54 Å². The first kappa shape index (κ1) is 11.5. The number of nitrogens with two attached hydrogens (primary N) is 1. The van der Waals surface area contributed by atoms with Gasteiger partial charge in [0.2, 0.25) is 5.91 Å². The van der Waals surface area contributed by atoms with Gasteiger partial charge in [0, 0.05) is 6.04 Å². The Morgan fingerprint density at radius 2 is 2.14 bits per heavy atom. The number of rotatable bonds is 6. The second-order valence-corrected chi connectivity index (χ2v) is 5.05. The van der Waals surface area contributed by atoms with Crippen LogP contribution in [0.15, 0.2) is 0 Å². The van der Waals surface area contributed by atoms with Crippen LogP contribution >= 0.6 is 0 Å². The second kappa shape index (κ2) is 4.30. The topological polar surface area (TPSA) is 55.1 Å². The van der Waals surface area contributed by atoms with Crippen LogP contribution in [0.3, 0.4) is 0 Å². The van der Waals surface area contributed by atoms with Gasteiger partial charge in [-0.3, -0.25) is 4.79 Å². The van der Waals surface area contributed by atoms with Crippen LogP contribution in [0.2, 0.25) is 0 Å². The number of amides is 1. The molecular formula is C11H22N2O. The average molecular weight is 198 g/mol. The summed E-state index contributed by atoms with van der Waals surface area (Å²) in [5, 5.41) is 3.35. The standard InChI is InChI=1S/C11H22N2O/c1-8(2)6-7-11(3,10(12)14)13-9-4-5-9/h8-9,13H,4-7H2,1-3H3,(H2,12,14). The summed E-state index contributed by atoms with van der Waals surface area (Å²) in [6, 6.07) is 0.527. The average Bonchev–Trinajstić information content (AvgIpc) is 2.84. The molecule has 1 unspecified atom stereocenters.